The number of carboxylic acids is 1. The van der Waals surface area contributed by atoms with Crippen LogP contribution in [-0.2, 0) is 16.2 Å². The lowest BCUT2D eigenvalue weighted by molar-refractivity contribution is -0.137. The maximum Gasteiger partial charge on any atom is 0.416 e. The van der Waals surface area contributed by atoms with Crippen LogP contribution in [-0.4, -0.2) is 26.6 Å². The fraction of sp³-hybridized carbons (Fsp3) is 0.133. The first kappa shape index (κ1) is 19.5. The van der Waals surface area contributed by atoms with E-state index in [4.69, 9.17) is 9.84 Å². The molecule has 0 atom stereocenters. The summed E-state index contributed by atoms with van der Waals surface area (Å²) in [5.41, 5.74) is -2.41. The van der Waals surface area contributed by atoms with Crippen LogP contribution in [0.5, 0.6) is 5.75 Å². The van der Waals surface area contributed by atoms with Gasteiger partial charge in [-0.25, -0.2) is 17.6 Å². The standard InChI is InChI=1S/C15H11F4NO5S/c1-25-13-6-10(14(21)22)11(16)7-12(13)20-26(23,24)9-4-2-3-8(5-9)15(17,18)19/h2-7,20H,1H3,(H,21,22). The van der Waals surface area contributed by atoms with Gasteiger partial charge in [-0.15, -0.1) is 0 Å². The number of benzene rings is 2. The van der Waals surface area contributed by atoms with Crippen LogP contribution in [0.25, 0.3) is 0 Å². The highest BCUT2D eigenvalue weighted by Crippen LogP contribution is 2.33. The Labute approximate surface area is 145 Å². The summed E-state index contributed by atoms with van der Waals surface area (Å²) >= 11 is 0. The normalized spacial score (nSPS) is 11.9. The smallest absolute Gasteiger partial charge is 0.416 e. The topological polar surface area (TPSA) is 92.7 Å². The second kappa shape index (κ2) is 6.83. The Morgan fingerprint density at radius 2 is 1.85 bits per heavy atom. The molecular weight excluding hydrogens is 382 g/mol. The third-order valence-corrected chi connectivity index (χ3v) is 4.60. The molecule has 2 N–H and O–H groups in total. The predicted molar refractivity (Wildman–Crippen MR) is 82.2 cm³/mol. The molecule has 0 aliphatic heterocycles. The number of carboxylic acid groups (broad SMARTS) is 1. The van der Waals surface area contributed by atoms with E-state index in [1.54, 1.807) is 0 Å². The second-order valence-electron chi connectivity index (χ2n) is 4.97. The van der Waals surface area contributed by atoms with Crippen molar-refractivity contribution >= 4 is 21.7 Å². The third-order valence-electron chi connectivity index (χ3n) is 3.24. The summed E-state index contributed by atoms with van der Waals surface area (Å²) in [6, 6.07) is 4.25. The van der Waals surface area contributed by atoms with Crippen molar-refractivity contribution in [3.05, 3.63) is 53.3 Å². The molecule has 140 valence electrons. The zero-order chi connectivity index (χ0) is 19.7. The van der Waals surface area contributed by atoms with Crippen molar-refractivity contribution in [3.63, 3.8) is 0 Å². The Morgan fingerprint density at radius 3 is 2.38 bits per heavy atom. The molecule has 0 heterocycles. The molecule has 0 amide bonds. The van der Waals surface area contributed by atoms with Crippen molar-refractivity contribution in [2.75, 3.05) is 11.8 Å². The average molecular weight is 393 g/mol. The lowest BCUT2D eigenvalue weighted by Crippen LogP contribution is -2.16. The molecule has 0 saturated heterocycles. The molecule has 0 radical (unpaired) electrons. The SMILES string of the molecule is COc1cc(C(=O)O)c(F)cc1NS(=O)(=O)c1cccc(C(F)(F)F)c1. The quantitative estimate of drug-likeness (QED) is 0.760. The van der Waals surface area contributed by atoms with Gasteiger partial charge in [0, 0.05) is 6.07 Å². The Bertz CT molecular complexity index is 957. The first-order valence-corrected chi connectivity index (χ1v) is 8.25. The van der Waals surface area contributed by atoms with E-state index in [2.05, 4.69) is 0 Å². The molecule has 2 aromatic carbocycles. The predicted octanol–water partition coefficient (Wildman–Crippen LogP) is 3.35. The number of nitrogens with one attached hydrogen (secondary N) is 1. The number of halogens is 4. The lowest BCUT2D eigenvalue weighted by atomic mass is 10.2. The van der Waals surface area contributed by atoms with Gasteiger partial charge in [0.2, 0.25) is 0 Å². The molecule has 0 bridgehead atoms. The number of hydrogen-bond acceptors (Lipinski definition) is 4. The summed E-state index contributed by atoms with van der Waals surface area (Å²) in [5.74, 6) is -3.17. The van der Waals surface area contributed by atoms with E-state index in [1.165, 1.54) is 0 Å². The fourth-order valence-corrected chi connectivity index (χ4v) is 3.12. The number of rotatable bonds is 5. The molecule has 0 saturated carbocycles. The number of carbonyl (C=O) groups is 1. The van der Waals surface area contributed by atoms with Crippen molar-refractivity contribution in [2.45, 2.75) is 11.1 Å². The van der Waals surface area contributed by atoms with E-state index in [1.807, 2.05) is 4.72 Å². The fourth-order valence-electron chi connectivity index (χ4n) is 2.01. The van der Waals surface area contributed by atoms with Gasteiger partial charge in [-0.2, -0.15) is 13.2 Å². The van der Waals surface area contributed by atoms with E-state index in [9.17, 15) is 30.8 Å². The number of sulfonamides is 1. The molecule has 0 unspecified atom stereocenters. The molecule has 0 fully saturated rings. The van der Waals surface area contributed by atoms with Crippen molar-refractivity contribution in [2.24, 2.45) is 0 Å². The zero-order valence-corrected chi connectivity index (χ0v) is 13.8. The van der Waals surface area contributed by atoms with Gasteiger partial charge in [0.1, 0.15) is 11.6 Å². The van der Waals surface area contributed by atoms with E-state index < -0.39 is 49.7 Å². The van der Waals surface area contributed by atoms with Gasteiger partial charge < -0.3 is 9.84 Å². The van der Waals surface area contributed by atoms with E-state index in [0.29, 0.717) is 18.2 Å². The van der Waals surface area contributed by atoms with Crippen LogP contribution in [0, 0.1) is 5.82 Å². The monoisotopic (exact) mass is 393 g/mol. The van der Waals surface area contributed by atoms with Crippen LogP contribution >= 0.6 is 0 Å². The molecule has 6 nitrogen and oxygen atoms in total. The summed E-state index contributed by atoms with van der Waals surface area (Å²) in [4.78, 5) is 10.2. The summed E-state index contributed by atoms with van der Waals surface area (Å²) in [7, 11) is -3.44. The van der Waals surface area contributed by atoms with Crippen molar-refractivity contribution < 1.29 is 40.6 Å². The molecule has 0 spiro atoms. The number of ether oxygens (including phenoxy) is 1. The van der Waals surface area contributed by atoms with Crippen molar-refractivity contribution in [1.29, 1.82) is 0 Å². The minimum atomic E-state index is -4.75. The van der Waals surface area contributed by atoms with Crippen LogP contribution < -0.4 is 9.46 Å². The van der Waals surface area contributed by atoms with E-state index >= 15 is 0 Å². The molecule has 0 aliphatic rings. The maximum atomic E-state index is 13.8. The third kappa shape index (κ3) is 4.04. The van der Waals surface area contributed by atoms with Crippen LogP contribution in [0.3, 0.4) is 0 Å². The first-order valence-electron chi connectivity index (χ1n) is 6.76. The van der Waals surface area contributed by atoms with Crippen molar-refractivity contribution in [1.82, 2.24) is 0 Å². The molecular formula is C15H11F4NO5S. The van der Waals surface area contributed by atoms with Crippen molar-refractivity contribution in [3.8, 4) is 5.75 Å². The van der Waals surface area contributed by atoms with Gasteiger partial charge in [0.15, 0.2) is 0 Å². The molecule has 0 aliphatic carbocycles. The van der Waals surface area contributed by atoms with Crippen LogP contribution in [0.1, 0.15) is 15.9 Å². The Morgan fingerprint density at radius 1 is 1.19 bits per heavy atom. The Kier molecular flexibility index (Phi) is 5.12. The lowest BCUT2D eigenvalue weighted by Gasteiger charge is -2.14. The average Bonchev–Trinajstić information content (AvgIpc) is 2.53. The van der Waals surface area contributed by atoms with Gasteiger partial charge in [0.25, 0.3) is 10.0 Å². The van der Waals surface area contributed by atoms with Gasteiger partial charge in [-0.05, 0) is 24.3 Å². The highest BCUT2D eigenvalue weighted by atomic mass is 32.2. The zero-order valence-electron chi connectivity index (χ0n) is 13.0. The number of hydrogen-bond donors (Lipinski definition) is 2. The van der Waals surface area contributed by atoms with Crippen LogP contribution in [0.2, 0.25) is 0 Å². The summed E-state index contributed by atoms with van der Waals surface area (Å²) < 4.78 is 83.3. The van der Waals surface area contributed by atoms with Crippen LogP contribution in [0.15, 0.2) is 41.3 Å². The van der Waals surface area contributed by atoms with Gasteiger partial charge in [-0.3, -0.25) is 4.72 Å². The molecule has 11 heteroatoms. The van der Waals surface area contributed by atoms with E-state index in [0.717, 1.165) is 25.3 Å². The second-order valence-corrected chi connectivity index (χ2v) is 6.65. The molecule has 2 rings (SSSR count). The highest BCUT2D eigenvalue weighted by Gasteiger charge is 2.32. The Balaban J connectivity index is 2.47. The first-order chi connectivity index (χ1) is 12.0. The number of methoxy groups -OCH3 is 1. The largest absolute Gasteiger partial charge is 0.495 e. The van der Waals surface area contributed by atoms with Gasteiger partial charge >= 0.3 is 12.1 Å². The maximum absolute atomic E-state index is 13.8. The van der Waals surface area contributed by atoms with Gasteiger partial charge in [-0.1, -0.05) is 6.07 Å². The number of anilines is 1. The van der Waals surface area contributed by atoms with E-state index in [-0.39, 0.29) is 5.75 Å². The Hall–Kier alpha value is -2.82. The highest BCUT2D eigenvalue weighted by molar-refractivity contribution is 7.92. The number of aromatic carboxylic acids is 1. The van der Waals surface area contributed by atoms with Gasteiger partial charge in [0.05, 0.1) is 28.8 Å². The molecule has 26 heavy (non-hydrogen) atoms. The number of alkyl halides is 3. The summed E-state index contributed by atoms with van der Waals surface area (Å²) in [6.45, 7) is 0. The van der Waals surface area contributed by atoms with Crippen LogP contribution in [0.4, 0.5) is 23.2 Å². The molecule has 2 aromatic rings. The summed E-state index contributed by atoms with van der Waals surface area (Å²) in [6.07, 6.45) is -4.75. The minimum absolute atomic E-state index is 0.320. The minimum Gasteiger partial charge on any atom is -0.495 e. The summed E-state index contributed by atoms with van der Waals surface area (Å²) in [5, 5.41) is 8.85. The molecule has 0 aromatic heterocycles.